The first kappa shape index (κ1) is 25.9. The standard InChI is InChI=1S/C20H36Cl3NO2/c1-2-3-4-5-6-7-8-9-10-11-12-13-14-15-16-17-18-24-19(25)26-20(21,22)23/h9-10H,2-8,11-18H2,1H3,(H,24,25). The van der Waals surface area contributed by atoms with Crippen molar-refractivity contribution in [2.45, 2.75) is 101 Å². The number of alkyl halides is 3. The molecule has 0 atom stereocenters. The van der Waals surface area contributed by atoms with E-state index in [9.17, 15) is 4.79 Å². The van der Waals surface area contributed by atoms with E-state index in [-0.39, 0.29) is 0 Å². The van der Waals surface area contributed by atoms with Gasteiger partial charge in [-0.1, -0.05) is 76.9 Å². The highest BCUT2D eigenvalue weighted by Crippen LogP contribution is 2.27. The highest BCUT2D eigenvalue weighted by atomic mass is 35.6. The van der Waals surface area contributed by atoms with Gasteiger partial charge >= 0.3 is 10.1 Å². The van der Waals surface area contributed by atoms with Crippen molar-refractivity contribution < 1.29 is 9.53 Å². The first-order valence-corrected chi connectivity index (χ1v) is 11.3. The topological polar surface area (TPSA) is 38.3 Å². The molecule has 0 aliphatic rings. The van der Waals surface area contributed by atoms with Gasteiger partial charge in [0.1, 0.15) is 0 Å². The second-order valence-electron chi connectivity index (χ2n) is 6.70. The van der Waals surface area contributed by atoms with Crippen LogP contribution in [0.1, 0.15) is 96.8 Å². The summed E-state index contributed by atoms with van der Waals surface area (Å²) >= 11 is 16.1. The number of nitrogens with one attached hydrogen (secondary N) is 1. The van der Waals surface area contributed by atoms with Gasteiger partial charge in [0.15, 0.2) is 0 Å². The fourth-order valence-electron chi connectivity index (χ4n) is 2.70. The lowest BCUT2D eigenvalue weighted by atomic mass is 10.1. The number of halogens is 3. The van der Waals surface area contributed by atoms with Gasteiger partial charge in [-0.25, -0.2) is 4.79 Å². The summed E-state index contributed by atoms with van der Waals surface area (Å²) in [7, 11) is 0. The van der Waals surface area contributed by atoms with E-state index in [1.807, 2.05) is 0 Å². The highest BCUT2D eigenvalue weighted by Gasteiger charge is 2.24. The molecule has 0 aromatic carbocycles. The molecule has 6 heteroatoms. The van der Waals surface area contributed by atoms with Crippen molar-refractivity contribution in [2.75, 3.05) is 6.54 Å². The third-order valence-corrected chi connectivity index (χ3v) is 4.40. The minimum atomic E-state index is -1.99. The maximum absolute atomic E-state index is 11.2. The fourth-order valence-corrected chi connectivity index (χ4v) is 2.91. The Morgan fingerprint density at radius 1 is 0.808 bits per heavy atom. The van der Waals surface area contributed by atoms with Crippen LogP contribution in [-0.4, -0.2) is 16.6 Å². The van der Waals surface area contributed by atoms with E-state index in [0.29, 0.717) is 6.54 Å². The lowest BCUT2D eigenvalue weighted by Gasteiger charge is -2.12. The van der Waals surface area contributed by atoms with E-state index in [1.54, 1.807) is 0 Å². The van der Waals surface area contributed by atoms with Crippen molar-refractivity contribution in [1.29, 1.82) is 0 Å². The van der Waals surface area contributed by atoms with Crippen LogP contribution in [0.4, 0.5) is 4.79 Å². The normalized spacial score (nSPS) is 11.8. The molecule has 0 unspecified atom stereocenters. The number of rotatable bonds is 16. The van der Waals surface area contributed by atoms with Gasteiger partial charge in [-0.2, -0.15) is 0 Å². The molecule has 0 radical (unpaired) electrons. The number of hydrogen-bond acceptors (Lipinski definition) is 2. The first-order chi connectivity index (χ1) is 12.5. The lowest BCUT2D eigenvalue weighted by Crippen LogP contribution is -2.29. The second-order valence-corrected chi connectivity index (χ2v) is 8.88. The van der Waals surface area contributed by atoms with Crippen LogP contribution in [-0.2, 0) is 4.74 Å². The van der Waals surface area contributed by atoms with Gasteiger partial charge < -0.3 is 10.1 Å². The molecule has 0 rings (SSSR count). The molecular formula is C20H36Cl3NO2. The summed E-state index contributed by atoms with van der Waals surface area (Å²) in [5.41, 5.74) is 0. The Balaban J connectivity index is 3.22. The Kier molecular flexibility index (Phi) is 18.2. The molecule has 3 nitrogen and oxygen atoms in total. The van der Waals surface area contributed by atoms with Gasteiger partial charge in [0.2, 0.25) is 0 Å². The van der Waals surface area contributed by atoms with E-state index >= 15 is 0 Å². The number of alkyl carbamates (subject to hydrolysis) is 1. The van der Waals surface area contributed by atoms with Gasteiger partial charge in [0.25, 0.3) is 0 Å². The number of hydrogen-bond donors (Lipinski definition) is 1. The van der Waals surface area contributed by atoms with Crippen LogP contribution in [0.15, 0.2) is 12.2 Å². The first-order valence-electron chi connectivity index (χ1n) is 10.1. The molecule has 0 aromatic heterocycles. The van der Waals surface area contributed by atoms with Crippen molar-refractivity contribution in [3.8, 4) is 0 Å². The van der Waals surface area contributed by atoms with Gasteiger partial charge in [-0.15, -0.1) is 0 Å². The third-order valence-electron chi connectivity index (χ3n) is 4.17. The number of allylic oxidation sites excluding steroid dienone is 2. The van der Waals surface area contributed by atoms with Crippen molar-refractivity contribution in [3.05, 3.63) is 12.2 Å². The average molecular weight is 429 g/mol. The number of amides is 1. The summed E-state index contributed by atoms with van der Waals surface area (Å²) in [6.45, 7) is 2.80. The zero-order valence-electron chi connectivity index (χ0n) is 16.2. The van der Waals surface area contributed by atoms with Gasteiger partial charge in [-0.05, 0) is 66.9 Å². The SMILES string of the molecule is CCCCCCCCC=CCCCCCCCCNC(=O)OC(Cl)(Cl)Cl. The Morgan fingerprint density at radius 2 is 1.27 bits per heavy atom. The van der Waals surface area contributed by atoms with E-state index < -0.39 is 10.1 Å². The van der Waals surface area contributed by atoms with Crippen molar-refractivity contribution in [3.63, 3.8) is 0 Å². The number of carbonyl (C=O) groups is 1. The van der Waals surface area contributed by atoms with E-state index in [4.69, 9.17) is 34.8 Å². The molecule has 0 bridgehead atoms. The largest absolute Gasteiger partial charge is 0.410 e. The molecule has 0 spiro atoms. The minimum absolute atomic E-state index is 0.542. The molecule has 0 saturated carbocycles. The Bertz CT molecular complexity index is 357. The van der Waals surface area contributed by atoms with Crippen LogP contribution in [0.25, 0.3) is 0 Å². The number of unbranched alkanes of at least 4 members (excludes halogenated alkanes) is 12. The molecule has 26 heavy (non-hydrogen) atoms. The van der Waals surface area contributed by atoms with Crippen LogP contribution < -0.4 is 5.32 Å². The third kappa shape index (κ3) is 21.9. The maximum Gasteiger partial charge on any atom is 0.410 e. The summed E-state index contributed by atoms with van der Waals surface area (Å²) in [5.74, 6) is 0. The van der Waals surface area contributed by atoms with Gasteiger partial charge in [0.05, 0.1) is 0 Å². The molecule has 0 saturated heterocycles. The average Bonchev–Trinajstić information content (AvgIpc) is 2.56. The van der Waals surface area contributed by atoms with Crippen molar-refractivity contribution in [1.82, 2.24) is 5.32 Å². The smallest absolute Gasteiger partial charge is 0.398 e. The van der Waals surface area contributed by atoms with Crippen molar-refractivity contribution in [2.24, 2.45) is 0 Å². The van der Waals surface area contributed by atoms with Gasteiger partial charge in [0, 0.05) is 6.54 Å². The maximum atomic E-state index is 11.2. The summed E-state index contributed by atoms with van der Waals surface area (Å²) in [6.07, 6.45) is 21.6. The lowest BCUT2D eigenvalue weighted by molar-refractivity contribution is 0.144. The quantitative estimate of drug-likeness (QED) is 0.153. The number of carbonyl (C=O) groups excluding carboxylic acids is 1. The van der Waals surface area contributed by atoms with E-state index in [1.165, 1.54) is 77.0 Å². The van der Waals surface area contributed by atoms with Crippen LogP contribution in [0.3, 0.4) is 0 Å². The minimum Gasteiger partial charge on any atom is -0.398 e. The Labute approximate surface area is 175 Å². The molecular weight excluding hydrogens is 393 g/mol. The van der Waals surface area contributed by atoms with E-state index in [0.717, 1.165) is 12.8 Å². The Hall–Kier alpha value is -0.120. The van der Waals surface area contributed by atoms with Crippen molar-refractivity contribution >= 4 is 40.9 Å². The zero-order chi connectivity index (χ0) is 19.5. The second kappa shape index (κ2) is 18.3. The Morgan fingerprint density at radius 3 is 1.77 bits per heavy atom. The molecule has 154 valence electrons. The predicted octanol–water partition coefficient (Wildman–Crippen LogP) is 8.08. The van der Waals surface area contributed by atoms with Crippen LogP contribution >= 0.6 is 34.8 Å². The van der Waals surface area contributed by atoms with Crippen LogP contribution in [0.2, 0.25) is 0 Å². The van der Waals surface area contributed by atoms with Gasteiger partial charge in [-0.3, -0.25) is 0 Å². The molecule has 0 aliphatic heterocycles. The molecule has 0 heterocycles. The summed E-state index contributed by atoms with van der Waals surface area (Å²) in [4.78, 5) is 11.2. The van der Waals surface area contributed by atoms with E-state index in [2.05, 4.69) is 29.1 Å². The molecule has 0 fully saturated rings. The predicted molar refractivity (Wildman–Crippen MR) is 114 cm³/mol. The zero-order valence-corrected chi connectivity index (χ0v) is 18.5. The molecule has 0 aliphatic carbocycles. The molecule has 0 aromatic rings. The summed E-state index contributed by atoms with van der Waals surface area (Å²) in [6, 6.07) is 0. The highest BCUT2D eigenvalue weighted by molar-refractivity contribution is 6.66. The molecule has 1 amide bonds. The van der Waals surface area contributed by atoms with Crippen LogP contribution in [0.5, 0.6) is 0 Å². The monoisotopic (exact) mass is 427 g/mol. The summed E-state index contributed by atoms with van der Waals surface area (Å²) in [5, 5.41) is 2.57. The van der Waals surface area contributed by atoms with Crippen LogP contribution in [0, 0.1) is 0 Å². The summed E-state index contributed by atoms with van der Waals surface area (Å²) < 4.78 is 2.51. The number of ether oxygens (including phenoxy) is 1. The molecule has 1 N–H and O–H groups in total. The fraction of sp³-hybridized carbons (Fsp3) is 0.850.